The van der Waals surface area contributed by atoms with E-state index in [9.17, 15) is 5.11 Å². The van der Waals surface area contributed by atoms with Crippen molar-refractivity contribution in [1.82, 2.24) is 0 Å². The molecule has 2 nitrogen and oxygen atoms in total. The Morgan fingerprint density at radius 2 is 1.78 bits per heavy atom. The highest BCUT2D eigenvalue weighted by molar-refractivity contribution is 5.36. The highest BCUT2D eigenvalue weighted by Crippen LogP contribution is 2.21. The van der Waals surface area contributed by atoms with Crippen LogP contribution in [0.3, 0.4) is 0 Å². The van der Waals surface area contributed by atoms with Crippen LogP contribution in [0, 0.1) is 13.8 Å². The van der Waals surface area contributed by atoms with Crippen LogP contribution in [0.2, 0.25) is 0 Å². The molecule has 0 bridgehead atoms. The molecule has 0 aliphatic carbocycles. The molecule has 18 heavy (non-hydrogen) atoms. The van der Waals surface area contributed by atoms with E-state index in [2.05, 4.69) is 6.07 Å². The summed E-state index contributed by atoms with van der Waals surface area (Å²) in [5, 5.41) is 10.0. The van der Waals surface area contributed by atoms with Crippen molar-refractivity contribution in [2.24, 2.45) is 0 Å². The molecule has 0 amide bonds. The lowest BCUT2D eigenvalue weighted by Crippen LogP contribution is -2.10. The molecule has 0 radical (unpaired) electrons. The Kier molecular flexibility index (Phi) is 4.00. The van der Waals surface area contributed by atoms with Crippen molar-refractivity contribution in [3.63, 3.8) is 0 Å². The lowest BCUT2D eigenvalue weighted by atomic mass is 10.1. The summed E-state index contributed by atoms with van der Waals surface area (Å²) in [7, 11) is 0. The fourth-order valence-corrected chi connectivity index (χ4v) is 1.80. The zero-order valence-corrected chi connectivity index (χ0v) is 10.8. The number of rotatable bonds is 4. The molecule has 2 aromatic carbocycles. The van der Waals surface area contributed by atoms with E-state index in [1.807, 2.05) is 56.3 Å². The van der Waals surface area contributed by atoms with Gasteiger partial charge in [0.15, 0.2) is 0 Å². The van der Waals surface area contributed by atoms with Crippen LogP contribution in [-0.4, -0.2) is 11.7 Å². The van der Waals surface area contributed by atoms with E-state index in [-0.39, 0.29) is 6.61 Å². The van der Waals surface area contributed by atoms with Crippen LogP contribution in [0.5, 0.6) is 5.75 Å². The Morgan fingerprint density at radius 3 is 2.50 bits per heavy atom. The van der Waals surface area contributed by atoms with Gasteiger partial charge in [-0.15, -0.1) is 0 Å². The van der Waals surface area contributed by atoms with Gasteiger partial charge in [0.1, 0.15) is 18.5 Å². The van der Waals surface area contributed by atoms with Gasteiger partial charge in [-0.1, -0.05) is 42.5 Å². The van der Waals surface area contributed by atoms with Crippen LogP contribution in [0.1, 0.15) is 22.8 Å². The summed E-state index contributed by atoms with van der Waals surface area (Å²) in [5.74, 6) is 0.838. The third-order valence-corrected chi connectivity index (χ3v) is 2.92. The molecule has 0 saturated carbocycles. The van der Waals surface area contributed by atoms with Gasteiger partial charge in [0, 0.05) is 0 Å². The van der Waals surface area contributed by atoms with Crippen LogP contribution < -0.4 is 4.74 Å². The predicted octanol–water partition coefficient (Wildman–Crippen LogP) is 3.42. The number of hydrogen-bond donors (Lipinski definition) is 1. The van der Waals surface area contributed by atoms with Crippen LogP contribution in [0.4, 0.5) is 0 Å². The molecule has 0 saturated heterocycles. The van der Waals surface area contributed by atoms with Crippen molar-refractivity contribution in [2.75, 3.05) is 6.61 Å². The molecule has 1 N–H and O–H groups in total. The van der Waals surface area contributed by atoms with Gasteiger partial charge in [-0.25, -0.2) is 0 Å². The maximum absolute atomic E-state index is 10.0. The SMILES string of the molecule is Cc1ccc(C)c(OCC(O)c2ccccc2)c1. The van der Waals surface area contributed by atoms with E-state index < -0.39 is 6.10 Å². The van der Waals surface area contributed by atoms with Gasteiger partial charge in [0.05, 0.1) is 0 Å². The second kappa shape index (κ2) is 5.69. The number of aliphatic hydroxyl groups excluding tert-OH is 1. The van der Waals surface area contributed by atoms with Crippen molar-refractivity contribution in [3.8, 4) is 5.75 Å². The summed E-state index contributed by atoms with van der Waals surface area (Å²) in [4.78, 5) is 0. The van der Waals surface area contributed by atoms with Crippen LogP contribution in [-0.2, 0) is 0 Å². The second-order valence-corrected chi connectivity index (χ2v) is 4.51. The summed E-state index contributed by atoms with van der Waals surface area (Å²) in [6.07, 6.45) is -0.592. The van der Waals surface area contributed by atoms with Gasteiger partial charge in [0.2, 0.25) is 0 Å². The Balaban J connectivity index is 2.01. The molecular formula is C16H18O2. The predicted molar refractivity (Wildman–Crippen MR) is 72.8 cm³/mol. The fraction of sp³-hybridized carbons (Fsp3) is 0.250. The van der Waals surface area contributed by atoms with Gasteiger partial charge in [0.25, 0.3) is 0 Å². The topological polar surface area (TPSA) is 29.5 Å². The van der Waals surface area contributed by atoms with E-state index in [4.69, 9.17) is 4.74 Å². The molecule has 2 aromatic rings. The number of aliphatic hydroxyl groups is 1. The highest BCUT2D eigenvalue weighted by atomic mass is 16.5. The summed E-state index contributed by atoms with van der Waals surface area (Å²) < 4.78 is 5.68. The van der Waals surface area contributed by atoms with E-state index in [0.29, 0.717) is 0 Å². The minimum Gasteiger partial charge on any atom is -0.490 e. The molecule has 2 rings (SSSR count). The van der Waals surface area contributed by atoms with Crippen molar-refractivity contribution < 1.29 is 9.84 Å². The first-order valence-electron chi connectivity index (χ1n) is 6.10. The van der Waals surface area contributed by atoms with Crippen LogP contribution in [0.25, 0.3) is 0 Å². The van der Waals surface area contributed by atoms with Gasteiger partial charge in [-0.05, 0) is 36.6 Å². The van der Waals surface area contributed by atoms with E-state index in [0.717, 1.165) is 22.4 Å². The number of ether oxygens (including phenoxy) is 1. The number of benzene rings is 2. The Labute approximate surface area is 108 Å². The van der Waals surface area contributed by atoms with Gasteiger partial charge >= 0.3 is 0 Å². The number of aryl methyl sites for hydroxylation is 2. The smallest absolute Gasteiger partial charge is 0.122 e. The van der Waals surface area contributed by atoms with E-state index in [1.165, 1.54) is 0 Å². The summed E-state index contributed by atoms with van der Waals surface area (Å²) in [6, 6.07) is 15.6. The third-order valence-electron chi connectivity index (χ3n) is 2.92. The summed E-state index contributed by atoms with van der Waals surface area (Å²) in [6.45, 7) is 4.30. The minimum atomic E-state index is -0.592. The monoisotopic (exact) mass is 242 g/mol. The first-order chi connectivity index (χ1) is 8.66. The van der Waals surface area contributed by atoms with Gasteiger partial charge < -0.3 is 9.84 Å². The Morgan fingerprint density at radius 1 is 1.06 bits per heavy atom. The molecule has 2 heteroatoms. The third kappa shape index (κ3) is 3.11. The van der Waals surface area contributed by atoms with E-state index >= 15 is 0 Å². The fourth-order valence-electron chi connectivity index (χ4n) is 1.80. The second-order valence-electron chi connectivity index (χ2n) is 4.51. The van der Waals surface area contributed by atoms with Crippen molar-refractivity contribution in [1.29, 1.82) is 0 Å². The quantitative estimate of drug-likeness (QED) is 0.890. The standard InChI is InChI=1S/C16H18O2/c1-12-8-9-13(2)16(10-12)18-11-15(17)14-6-4-3-5-7-14/h3-10,15,17H,11H2,1-2H3. The van der Waals surface area contributed by atoms with Crippen molar-refractivity contribution >= 4 is 0 Å². The molecule has 94 valence electrons. The van der Waals surface area contributed by atoms with Crippen molar-refractivity contribution in [2.45, 2.75) is 20.0 Å². The normalized spacial score (nSPS) is 12.2. The van der Waals surface area contributed by atoms with E-state index in [1.54, 1.807) is 0 Å². The van der Waals surface area contributed by atoms with Gasteiger partial charge in [-0.2, -0.15) is 0 Å². The first-order valence-corrected chi connectivity index (χ1v) is 6.10. The summed E-state index contributed by atoms with van der Waals surface area (Å²) >= 11 is 0. The molecular weight excluding hydrogens is 224 g/mol. The Bertz CT molecular complexity index is 506. The molecule has 0 heterocycles. The van der Waals surface area contributed by atoms with Crippen LogP contribution >= 0.6 is 0 Å². The molecule has 0 aromatic heterocycles. The van der Waals surface area contributed by atoms with Gasteiger partial charge in [-0.3, -0.25) is 0 Å². The zero-order valence-electron chi connectivity index (χ0n) is 10.8. The molecule has 1 unspecified atom stereocenters. The molecule has 0 aliphatic rings. The van der Waals surface area contributed by atoms with Crippen LogP contribution in [0.15, 0.2) is 48.5 Å². The minimum absolute atomic E-state index is 0.272. The number of hydrogen-bond acceptors (Lipinski definition) is 2. The van der Waals surface area contributed by atoms with Crippen molar-refractivity contribution in [3.05, 3.63) is 65.2 Å². The Hall–Kier alpha value is -1.80. The average molecular weight is 242 g/mol. The molecule has 0 fully saturated rings. The average Bonchev–Trinajstić information content (AvgIpc) is 2.40. The lowest BCUT2D eigenvalue weighted by molar-refractivity contribution is 0.108. The zero-order chi connectivity index (χ0) is 13.0. The maximum Gasteiger partial charge on any atom is 0.122 e. The first kappa shape index (κ1) is 12.7. The largest absolute Gasteiger partial charge is 0.490 e. The molecule has 0 spiro atoms. The summed E-state index contributed by atoms with van der Waals surface area (Å²) in [5.41, 5.74) is 3.12. The molecule has 0 aliphatic heterocycles. The molecule has 1 atom stereocenters. The highest BCUT2D eigenvalue weighted by Gasteiger charge is 2.08. The lowest BCUT2D eigenvalue weighted by Gasteiger charge is -2.14. The maximum atomic E-state index is 10.0.